The number of rotatable bonds is 4. The van der Waals surface area contributed by atoms with E-state index in [0.29, 0.717) is 31.5 Å². The molecule has 0 saturated carbocycles. The molecule has 0 bridgehead atoms. The molecule has 1 saturated heterocycles. The molecule has 28 heavy (non-hydrogen) atoms. The van der Waals surface area contributed by atoms with Crippen LogP contribution in [0.15, 0.2) is 42.5 Å². The fourth-order valence-electron chi connectivity index (χ4n) is 3.42. The van der Waals surface area contributed by atoms with Crippen LogP contribution in [0, 0.1) is 13.8 Å². The highest BCUT2D eigenvalue weighted by atomic mass is 16.5. The number of carbonyl (C=O) groups is 2. The normalized spacial score (nSPS) is 14.5. The maximum Gasteiger partial charge on any atom is 0.409 e. The Morgan fingerprint density at radius 3 is 2.39 bits per heavy atom. The SMILES string of the molecule is COC(=O)N1CCC(NC(=O)c2ccccc2Nc2cccc(C)c2C)CC1. The number of amides is 2. The van der Waals surface area contributed by atoms with Gasteiger partial charge in [0, 0.05) is 24.8 Å². The lowest BCUT2D eigenvalue weighted by atomic mass is 10.0. The molecule has 2 N–H and O–H groups in total. The van der Waals surface area contributed by atoms with E-state index in [1.54, 1.807) is 4.90 Å². The van der Waals surface area contributed by atoms with E-state index < -0.39 is 0 Å². The third-order valence-electron chi connectivity index (χ3n) is 5.31. The van der Waals surface area contributed by atoms with Crippen LogP contribution in [0.4, 0.5) is 16.2 Å². The van der Waals surface area contributed by atoms with Crippen LogP contribution in [0.5, 0.6) is 0 Å². The first-order chi connectivity index (χ1) is 13.5. The summed E-state index contributed by atoms with van der Waals surface area (Å²) in [6.07, 6.45) is 1.12. The highest BCUT2D eigenvalue weighted by molar-refractivity contribution is 6.00. The summed E-state index contributed by atoms with van der Waals surface area (Å²) in [6.45, 7) is 5.30. The van der Waals surface area contributed by atoms with Crippen molar-refractivity contribution in [3.05, 3.63) is 59.2 Å². The number of carbonyl (C=O) groups excluding carboxylic acids is 2. The van der Waals surface area contributed by atoms with Gasteiger partial charge in [0.05, 0.1) is 18.4 Å². The Balaban J connectivity index is 1.68. The van der Waals surface area contributed by atoms with E-state index in [1.165, 1.54) is 12.7 Å². The van der Waals surface area contributed by atoms with Gasteiger partial charge < -0.3 is 20.3 Å². The van der Waals surface area contributed by atoms with Crippen molar-refractivity contribution in [3.8, 4) is 0 Å². The summed E-state index contributed by atoms with van der Waals surface area (Å²) in [4.78, 5) is 26.2. The van der Waals surface area contributed by atoms with Gasteiger partial charge in [-0.2, -0.15) is 0 Å². The maximum absolute atomic E-state index is 12.9. The third kappa shape index (κ3) is 4.44. The van der Waals surface area contributed by atoms with Gasteiger partial charge in [-0.25, -0.2) is 4.79 Å². The number of anilines is 2. The second-order valence-corrected chi connectivity index (χ2v) is 7.12. The average Bonchev–Trinajstić information content (AvgIpc) is 2.71. The van der Waals surface area contributed by atoms with Crippen LogP contribution in [-0.2, 0) is 4.74 Å². The Labute approximate surface area is 165 Å². The van der Waals surface area contributed by atoms with Crippen LogP contribution in [0.3, 0.4) is 0 Å². The van der Waals surface area contributed by atoms with Gasteiger partial charge in [-0.05, 0) is 56.0 Å². The Bertz CT molecular complexity index is 858. The number of methoxy groups -OCH3 is 1. The quantitative estimate of drug-likeness (QED) is 0.840. The summed E-state index contributed by atoms with van der Waals surface area (Å²) in [5.74, 6) is -0.107. The Morgan fingerprint density at radius 1 is 1.00 bits per heavy atom. The fourth-order valence-corrected chi connectivity index (χ4v) is 3.42. The zero-order valence-electron chi connectivity index (χ0n) is 16.6. The van der Waals surface area contributed by atoms with Crippen LogP contribution in [0.25, 0.3) is 0 Å². The summed E-state index contributed by atoms with van der Waals surface area (Å²) in [7, 11) is 1.38. The van der Waals surface area contributed by atoms with E-state index >= 15 is 0 Å². The predicted molar refractivity (Wildman–Crippen MR) is 110 cm³/mol. The van der Waals surface area contributed by atoms with E-state index in [0.717, 1.165) is 16.9 Å². The van der Waals surface area contributed by atoms with Crippen molar-refractivity contribution < 1.29 is 14.3 Å². The number of hydrogen-bond donors (Lipinski definition) is 2. The molecule has 0 radical (unpaired) electrons. The monoisotopic (exact) mass is 381 g/mol. The Morgan fingerprint density at radius 2 is 1.68 bits per heavy atom. The highest BCUT2D eigenvalue weighted by Gasteiger charge is 2.25. The summed E-state index contributed by atoms with van der Waals surface area (Å²) in [5, 5.41) is 6.51. The molecule has 1 fully saturated rings. The standard InChI is InChI=1S/C22H27N3O3/c1-15-7-6-10-19(16(15)2)24-20-9-5-4-8-18(20)21(26)23-17-11-13-25(14-12-17)22(27)28-3/h4-10,17,24H,11-14H2,1-3H3,(H,23,26). The lowest BCUT2D eigenvalue weighted by Gasteiger charge is -2.31. The van der Waals surface area contributed by atoms with Crippen LogP contribution in [0.1, 0.15) is 34.3 Å². The van der Waals surface area contributed by atoms with E-state index in [2.05, 4.69) is 30.5 Å². The first-order valence-corrected chi connectivity index (χ1v) is 9.55. The number of ether oxygens (including phenoxy) is 1. The number of piperidine rings is 1. The minimum Gasteiger partial charge on any atom is -0.453 e. The van der Waals surface area contributed by atoms with Crippen molar-refractivity contribution in [1.82, 2.24) is 10.2 Å². The number of nitrogens with one attached hydrogen (secondary N) is 2. The molecule has 0 atom stereocenters. The largest absolute Gasteiger partial charge is 0.453 e. The molecule has 2 aromatic carbocycles. The van der Waals surface area contributed by atoms with Gasteiger partial charge in [0.15, 0.2) is 0 Å². The minimum absolute atomic E-state index is 0.0437. The van der Waals surface area contributed by atoms with Gasteiger partial charge in [-0.15, -0.1) is 0 Å². The number of para-hydroxylation sites is 1. The summed E-state index contributed by atoms with van der Waals surface area (Å²) >= 11 is 0. The molecular weight excluding hydrogens is 354 g/mol. The van der Waals surface area contributed by atoms with E-state index in [-0.39, 0.29) is 18.0 Å². The smallest absolute Gasteiger partial charge is 0.409 e. The van der Waals surface area contributed by atoms with Gasteiger partial charge in [0.2, 0.25) is 0 Å². The Kier molecular flexibility index (Phi) is 6.19. The number of nitrogens with zero attached hydrogens (tertiary/aromatic N) is 1. The van der Waals surface area contributed by atoms with Crippen molar-refractivity contribution in [2.75, 3.05) is 25.5 Å². The molecule has 1 aliphatic rings. The van der Waals surface area contributed by atoms with E-state index in [9.17, 15) is 9.59 Å². The summed E-state index contributed by atoms with van der Waals surface area (Å²) < 4.78 is 4.76. The number of likely N-dealkylation sites (tertiary alicyclic amines) is 1. The van der Waals surface area contributed by atoms with Crippen molar-refractivity contribution in [3.63, 3.8) is 0 Å². The number of hydrogen-bond acceptors (Lipinski definition) is 4. The van der Waals surface area contributed by atoms with Crippen molar-refractivity contribution in [2.24, 2.45) is 0 Å². The van der Waals surface area contributed by atoms with Gasteiger partial charge in [0.25, 0.3) is 5.91 Å². The van der Waals surface area contributed by atoms with E-state index in [1.807, 2.05) is 36.4 Å². The molecule has 0 aromatic heterocycles. The molecule has 148 valence electrons. The van der Waals surface area contributed by atoms with Crippen molar-refractivity contribution >= 4 is 23.4 Å². The molecule has 0 unspecified atom stereocenters. The summed E-state index contributed by atoms with van der Waals surface area (Å²) in [5.41, 5.74) is 4.74. The minimum atomic E-state index is -0.312. The lowest BCUT2D eigenvalue weighted by Crippen LogP contribution is -2.46. The fraction of sp³-hybridized carbons (Fsp3) is 0.364. The molecule has 1 heterocycles. The van der Waals surface area contributed by atoms with Crippen molar-refractivity contribution in [2.45, 2.75) is 32.7 Å². The van der Waals surface area contributed by atoms with Gasteiger partial charge in [0.1, 0.15) is 0 Å². The first kappa shape index (κ1) is 19.7. The third-order valence-corrected chi connectivity index (χ3v) is 5.31. The Hall–Kier alpha value is -3.02. The summed E-state index contributed by atoms with van der Waals surface area (Å²) in [6, 6.07) is 13.6. The second-order valence-electron chi connectivity index (χ2n) is 7.12. The molecule has 6 heteroatoms. The average molecular weight is 381 g/mol. The first-order valence-electron chi connectivity index (χ1n) is 9.55. The number of benzene rings is 2. The van der Waals surface area contributed by atoms with Crippen LogP contribution in [-0.4, -0.2) is 43.1 Å². The van der Waals surface area contributed by atoms with Crippen molar-refractivity contribution in [1.29, 1.82) is 0 Å². The number of aryl methyl sites for hydroxylation is 1. The second kappa shape index (κ2) is 8.78. The van der Waals surface area contributed by atoms with Gasteiger partial charge in [-0.1, -0.05) is 24.3 Å². The van der Waals surface area contributed by atoms with Crippen LogP contribution < -0.4 is 10.6 Å². The molecule has 6 nitrogen and oxygen atoms in total. The van der Waals surface area contributed by atoms with Crippen LogP contribution >= 0.6 is 0 Å². The molecule has 1 aliphatic heterocycles. The molecule has 3 rings (SSSR count). The predicted octanol–water partition coefficient (Wildman–Crippen LogP) is 4.01. The van der Waals surface area contributed by atoms with E-state index in [4.69, 9.17) is 4.74 Å². The lowest BCUT2D eigenvalue weighted by molar-refractivity contribution is 0.0893. The molecule has 0 spiro atoms. The van der Waals surface area contributed by atoms with Gasteiger partial charge >= 0.3 is 6.09 Å². The topological polar surface area (TPSA) is 70.7 Å². The highest BCUT2D eigenvalue weighted by Crippen LogP contribution is 2.25. The molecular formula is C22H27N3O3. The zero-order valence-corrected chi connectivity index (χ0v) is 16.6. The molecule has 2 amide bonds. The maximum atomic E-state index is 12.9. The zero-order chi connectivity index (χ0) is 20.1. The van der Waals surface area contributed by atoms with Crippen LogP contribution in [0.2, 0.25) is 0 Å². The van der Waals surface area contributed by atoms with Gasteiger partial charge in [-0.3, -0.25) is 4.79 Å². The molecule has 0 aliphatic carbocycles. The molecule has 2 aromatic rings.